The van der Waals surface area contributed by atoms with Gasteiger partial charge in [0.1, 0.15) is 0 Å². The predicted octanol–water partition coefficient (Wildman–Crippen LogP) is 2.33. The molecule has 1 saturated heterocycles. The molecule has 1 aliphatic rings. The minimum atomic E-state index is -0.0736. The molecule has 0 aliphatic carbocycles. The van der Waals surface area contributed by atoms with Crippen molar-refractivity contribution in [1.29, 1.82) is 0 Å². The molecule has 0 bridgehead atoms. The van der Waals surface area contributed by atoms with Crippen LogP contribution >= 0.6 is 11.3 Å². The van der Waals surface area contributed by atoms with Crippen molar-refractivity contribution in [3.05, 3.63) is 22.4 Å². The van der Waals surface area contributed by atoms with Crippen molar-refractivity contribution in [3.8, 4) is 0 Å². The molecule has 2 rings (SSSR count). The number of carbonyl (C=O) groups excluding carboxylic acids is 1. The van der Waals surface area contributed by atoms with Gasteiger partial charge in [0.2, 0.25) is 5.91 Å². The van der Waals surface area contributed by atoms with E-state index >= 15 is 0 Å². The van der Waals surface area contributed by atoms with Crippen LogP contribution in [0.3, 0.4) is 0 Å². The summed E-state index contributed by atoms with van der Waals surface area (Å²) in [5.41, 5.74) is 0. The summed E-state index contributed by atoms with van der Waals surface area (Å²) in [5, 5.41) is 8.62. The van der Waals surface area contributed by atoms with E-state index < -0.39 is 0 Å². The minimum absolute atomic E-state index is 0.0736. The molecule has 3 atom stereocenters. The summed E-state index contributed by atoms with van der Waals surface area (Å²) in [5.74, 6) is 0.0342. The van der Waals surface area contributed by atoms with Gasteiger partial charge in [-0.2, -0.15) is 0 Å². The highest BCUT2D eigenvalue weighted by atomic mass is 32.1. The third-order valence-electron chi connectivity index (χ3n) is 3.69. The van der Waals surface area contributed by atoms with Gasteiger partial charge in [-0.15, -0.1) is 11.3 Å². The standard InChI is InChI=1S/C15H24N2O2S/c1-3-7-16-13-10-19-9-11(13)15(18)17-12(4-2)14-6-5-8-20-14/h5-6,8,11-13,16H,3-4,7,9-10H2,1-2H3,(H,17,18). The van der Waals surface area contributed by atoms with Gasteiger partial charge >= 0.3 is 0 Å². The maximum atomic E-state index is 12.5. The molecule has 1 amide bonds. The van der Waals surface area contributed by atoms with Crippen LogP contribution in [0, 0.1) is 5.92 Å². The second kappa shape index (κ2) is 7.76. The molecule has 2 N–H and O–H groups in total. The van der Waals surface area contributed by atoms with Crippen LogP contribution in [-0.4, -0.2) is 31.7 Å². The SMILES string of the molecule is CCCNC1COCC1C(=O)NC(CC)c1cccs1. The van der Waals surface area contributed by atoms with E-state index in [-0.39, 0.29) is 23.9 Å². The lowest BCUT2D eigenvalue weighted by atomic mass is 10.0. The van der Waals surface area contributed by atoms with E-state index in [0.717, 1.165) is 19.4 Å². The fourth-order valence-electron chi connectivity index (χ4n) is 2.49. The molecule has 0 spiro atoms. The van der Waals surface area contributed by atoms with E-state index in [2.05, 4.69) is 35.9 Å². The molecule has 0 radical (unpaired) electrons. The molecule has 1 aromatic rings. The number of hydrogen-bond acceptors (Lipinski definition) is 4. The summed E-state index contributed by atoms with van der Waals surface area (Å²) in [4.78, 5) is 13.7. The highest BCUT2D eigenvalue weighted by molar-refractivity contribution is 7.10. The monoisotopic (exact) mass is 296 g/mol. The second-order valence-electron chi connectivity index (χ2n) is 5.19. The quantitative estimate of drug-likeness (QED) is 0.812. The number of amides is 1. The second-order valence-corrected chi connectivity index (χ2v) is 6.17. The molecule has 1 aliphatic heterocycles. The van der Waals surface area contributed by atoms with E-state index in [4.69, 9.17) is 4.74 Å². The van der Waals surface area contributed by atoms with Gasteiger partial charge in [-0.1, -0.05) is 19.9 Å². The molecule has 4 nitrogen and oxygen atoms in total. The van der Waals surface area contributed by atoms with E-state index in [1.807, 2.05) is 6.07 Å². The van der Waals surface area contributed by atoms with Gasteiger partial charge in [-0.3, -0.25) is 4.79 Å². The van der Waals surface area contributed by atoms with Crippen LogP contribution in [0.25, 0.3) is 0 Å². The zero-order chi connectivity index (χ0) is 14.4. The highest BCUT2D eigenvalue weighted by Crippen LogP contribution is 2.23. The normalized spacial score (nSPS) is 23.7. The largest absolute Gasteiger partial charge is 0.379 e. The Morgan fingerprint density at radius 3 is 3.00 bits per heavy atom. The predicted molar refractivity (Wildman–Crippen MR) is 81.9 cm³/mol. The summed E-state index contributed by atoms with van der Waals surface area (Å²) in [6.45, 7) is 6.31. The van der Waals surface area contributed by atoms with Gasteiger partial charge < -0.3 is 15.4 Å². The molecule has 5 heteroatoms. The van der Waals surface area contributed by atoms with Crippen molar-refractivity contribution in [2.75, 3.05) is 19.8 Å². The Balaban J connectivity index is 1.92. The van der Waals surface area contributed by atoms with Gasteiger partial charge in [0.05, 0.1) is 25.2 Å². The smallest absolute Gasteiger partial charge is 0.227 e. The molecule has 112 valence electrons. The summed E-state index contributed by atoms with van der Waals surface area (Å²) >= 11 is 1.69. The molecule has 1 aromatic heterocycles. The third-order valence-corrected chi connectivity index (χ3v) is 4.67. The minimum Gasteiger partial charge on any atom is -0.379 e. The fraction of sp³-hybridized carbons (Fsp3) is 0.667. The first-order valence-electron chi connectivity index (χ1n) is 7.41. The molecule has 2 heterocycles. The lowest BCUT2D eigenvalue weighted by Crippen LogP contribution is -2.45. The van der Waals surface area contributed by atoms with E-state index in [0.29, 0.717) is 13.2 Å². The van der Waals surface area contributed by atoms with Crippen molar-refractivity contribution in [3.63, 3.8) is 0 Å². The van der Waals surface area contributed by atoms with Crippen molar-refractivity contribution >= 4 is 17.2 Å². The summed E-state index contributed by atoms with van der Waals surface area (Å²) in [6.07, 6.45) is 1.98. The van der Waals surface area contributed by atoms with Gasteiger partial charge in [0.15, 0.2) is 0 Å². The van der Waals surface area contributed by atoms with Crippen molar-refractivity contribution in [2.45, 2.75) is 38.8 Å². The van der Waals surface area contributed by atoms with Crippen LogP contribution in [-0.2, 0) is 9.53 Å². The van der Waals surface area contributed by atoms with E-state index in [1.165, 1.54) is 4.88 Å². The lowest BCUT2D eigenvalue weighted by molar-refractivity contribution is -0.126. The van der Waals surface area contributed by atoms with Crippen LogP contribution in [0.5, 0.6) is 0 Å². The summed E-state index contributed by atoms with van der Waals surface area (Å²) in [6, 6.07) is 4.38. The molecule has 0 saturated carbocycles. The first kappa shape index (κ1) is 15.5. The first-order chi connectivity index (χ1) is 9.76. The third kappa shape index (κ3) is 3.81. The first-order valence-corrected chi connectivity index (χ1v) is 8.29. The van der Waals surface area contributed by atoms with Crippen molar-refractivity contribution in [1.82, 2.24) is 10.6 Å². The Morgan fingerprint density at radius 1 is 1.50 bits per heavy atom. The molecule has 0 aromatic carbocycles. The van der Waals surface area contributed by atoms with Gasteiger partial charge in [0.25, 0.3) is 0 Å². The maximum Gasteiger partial charge on any atom is 0.227 e. The number of thiophene rings is 1. The number of ether oxygens (including phenoxy) is 1. The molecule has 20 heavy (non-hydrogen) atoms. The van der Waals surface area contributed by atoms with Crippen LogP contribution in [0.4, 0.5) is 0 Å². The zero-order valence-corrected chi connectivity index (χ0v) is 13.0. The molecule has 3 unspecified atom stereocenters. The molecular formula is C15H24N2O2S. The lowest BCUT2D eigenvalue weighted by Gasteiger charge is -2.22. The highest BCUT2D eigenvalue weighted by Gasteiger charge is 2.34. The average Bonchev–Trinajstić information content (AvgIpc) is 3.13. The summed E-state index contributed by atoms with van der Waals surface area (Å²) < 4.78 is 5.47. The van der Waals surface area contributed by atoms with Crippen LogP contribution in [0.15, 0.2) is 17.5 Å². The molecule has 1 fully saturated rings. The van der Waals surface area contributed by atoms with Crippen LogP contribution in [0.2, 0.25) is 0 Å². The Hall–Kier alpha value is -0.910. The number of carbonyl (C=O) groups is 1. The number of hydrogen-bond donors (Lipinski definition) is 2. The Kier molecular flexibility index (Phi) is 6.01. The maximum absolute atomic E-state index is 12.5. The van der Waals surface area contributed by atoms with Gasteiger partial charge in [-0.25, -0.2) is 0 Å². The Morgan fingerprint density at radius 2 is 2.35 bits per heavy atom. The van der Waals surface area contributed by atoms with Crippen molar-refractivity contribution < 1.29 is 9.53 Å². The van der Waals surface area contributed by atoms with Crippen LogP contribution in [0.1, 0.15) is 37.6 Å². The average molecular weight is 296 g/mol. The number of rotatable bonds is 7. The van der Waals surface area contributed by atoms with Crippen LogP contribution < -0.4 is 10.6 Å². The van der Waals surface area contributed by atoms with Gasteiger partial charge in [-0.05, 0) is 30.8 Å². The zero-order valence-electron chi connectivity index (χ0n) is 12.2. The summed E-state index contributed by atoms with van der Waals surface area (Å²) in [7, 11) is 0. The van der Waals surface area contributed by atoms with E-state index in [9.17, 15) is 4.79 Å². The van der Waals surface area contributed by atoms with Crippen molar-refractivity contribution in [2.24, 2.45) is 5.92 Å². The molecular weight excluding hydrogens is 272 g/mol. The Labute approximate surface area is 124 Å². The number of nitrogens with one attached hydrogen (secondary N) is 2. The Bertz CT molecular complexity index is 408. The fourth-order valence-corrected chi connectivity index (χ4v) is 3.35. The van der Waals surface area contributed by atoms with E-state index in [1.54, 1.807) is 11.3 Å². The topological polar surface area (TPSA) is 50.4 Å². The van der Waals surface area contributed by atoms with Gasteiger partial charge in [0, 0.05) is 10.9 Å².